The summed E-state index contributed by atoms with van der Waals surface area (Å²) in [6.45, 7) is 3.86. The molecule has 1 aromatic heterocycles. The van der Waals surface area contributed by atoms with Crippen molar-refractivity contribution in [2.45, 2.75) is 31.0 Å². The second-order valence-electron chi connectivity index (χ2n) is 9.23. The van der Waals surface area contributed by atoms with Crippen molar-refractivity contribution in [2.75, 3.05) is 17.8 Å². The van der Waals surface area contributed by atoms with Crippen molar-refractivity contribution in [2.24, 2.45) is 10.3 Å². The van der Waals surface area contributed by atoms with Gasteiger partial charge in [-0.25, -0.2) is 18.4 Å². The van der Waals surface area contributed by atoms with Crippen molar-refractivity contribution in [3.8, 4) is 16.8 Å². The number of rotatable bonds is 5. The van der Waals surface area contributed by atoms with E-state index in [-0.39, 0.29) is 16.8 Å². The molecular formula is C27H24F3N5O2S. The Morgan fingerprint density at radius 3 is 2.29 bits per heavy atom. The molecule has 0 aliphatic carbocycles. The van der Waals surface area contributed by atoms with Crippen LogP contribution in [0.1, 0.15) is 28.7 Å². The van der Waals surface area contributed by atoms with E-state index >= 15 is 0 Å². The van der Waals surface area contributed by atoms with Crippen LogP contribution in [-0.4, -0.2) is 30.8 Å². The molecule has 3 aromatic carbocycles. The van der Waals surface area contributed by atoms with Crippen molar-refractivity contribution < 1.29 is 21.6 Å². The van der Waals surface area contributed by atoms with Gasteiger partial charge in [0, 0.05) is 12.5 Å². The molecular weight excluding hydrogens is 515 g/mol. The van der Waals surface area contributed by atoms with Gasteiger partial charge in [0.2, 0.25) is 0 Å². The van der Waals surface area contributed by atoms with Crippen molar-refractivity contribution in [1.29, 1.82) is 0 Å². The Morgan fingerprint density at radius 2 is 1.63 bits per heavy atom. The molecule has 196 valence electrons. The van der Waals surface area contributed by atoms with Crippen LogP contribution in [0.3, 0.4) is 0 Å². The molecule has 0 fully saturated rings. The molecule has 38 heavy (non-hydrogen) atoms. The zero-order valence-electron chi connectivity index (χ0n) is 20.8. The first-order chi connectivity index (χ1) is 17.9. The molecule has 1 aliphatic heterocycles. The standard InChI is InChI=1S/C27H24F3N5O2S/c1-17-7-9-19(10-8-17)25-15-31-33-35(25)24-14-21(20-5-4-6-22(13-20)38(3,36)37)11-12-23(24)34-16-26(27(28,29)30)32-18(34)2/h4-14,16,25H,15H2,1-3H3. The van der Waals surface area contributed by atoms with Gasteiger partial charge in [0.15, 0.2) is 15.5 Å². The SMILES string of the molecule is Cc1ccc(C2CN=NN2c2cc(-c3cccc(S(C)(=O)=O)c3)ccc2-n2cc(C(F)(F)F)nc2C)cc1. The molecule has 5 rings (SSSR count). The molecule has 0 radical (unpaired) electrons. The highest BCUT2D eigenvalue weighted by Gasteiger charge is 2.35. The first kappa shape index (κ1) is 25.7. The number of sulfone groups is 1. The van der Waals surface area contributed by atoms with Gasteiger partial charge in [-0.15, -0.1) is 0 Å². The van der Waals surface area contributed by atoms with Crippen LogP contribution < -0.4 is 5.01 Å². The van der Waals surface area contributed by atoms with E-state index in [4.69, 9.17) is 0 Å². The maximum Gasteiger partial charge on any atom is 0.434 e. The Balaban J connectivity index is 1.69. The second-order valence-corrected chi connectivity index (χ2v) is 11.2. The second kappa shape index (κ2) is 9.39. The fraction of sp³-hybridized carbons (Fsp3) is 0.222. The van der Waals surface area contributed by atoms with Crippen LogP contribution in [0.4, 0.5) is 18.9 Å². The van der Waals surface area contributed by atoms with Crippen LogP contribution in [0.2, 0.25) is 0 Å². The third-order valence-electron chi connectivity index (χ3n) is 6.42. The average Bonchev–Trinajstić information content (AvgIpc) is 3.51. The summed E-state index contributed by atoms with van der Waals surface area (Å²) in [4.78, 5) is 3.90. The van der Waals surface area contributed by atoms with Gasteiger partial charge in [-0.3, -0.25) is 0 Å². The van der Waals surface area contributed by atoms with Gasteiger partial charge in [0.1, 0.15) is 11.9 Å². The Bertz CT molecular complexity index is 1640. The summed E-state index contributed by atoms with van der Waals surface area (Å²) < 4.78 is 66.1. The van der Waals surface area contributed by atoms with Gasteiger partial charge in [0.25, 0.3) is 0 Å². The van der Waals surface area contributed by atoms with Gasteiger partial charge >= 0.3 is 6.18 Å². The van der Waals surface area contributed by atoms with Crippen LogP contribution >= 0.6 is 0 Å². The third kappa shape index (κ3) is 4.93. The number of nitrogens with zero attached hydrogens (tertiary/aromatic N) is 5. The average molecular weight is 540 g/mol. The molecule has 0 bridgehead atoms. The highest BCUT2D eigenvalue weighted by Crippen LogP contribution is 2.40. The molecule has 0 saturated heterocycles. The highest BCUT2D eigenvalue weighted by molar-refractivity contribution is 7.90. The molecule has 0 amide bonds. The lowest BCUT2D eigenvalue weighted by Crippen LogP contribution is -2.22. The smallest absolute Gasteiger partial charge is 0.301 e. The normalized spacial score (nSPS) is 15.8. The number of anilines is 1. The highest BCUT2D eigenvalue weighted by atomic mass is 32.2. The van der Waals surface area contributed by atoms with Gasteiger partial charge in [-0.2, -0.15) is 18.3 Å². The Labute approximate surface area is 218 Å². The van der Waals surface area contributed by atoms with Gasteiger partial charge in [0.05, 0.1) is 22.8 Å². The summed E-state index contributed by atoms with van der Waals surface area (Å²) >= 11 is 0. The molecule has 0 N–H and O–H groups in total. The minimum Gasteiger partial charge on any atom is -0.301 e. The van der Waals surface area contributed by atoms with Crippen LogP contribution in [0.15, 0.2) is 88.2 Å². The minimum absolute atomic E-state index is 0.161. The van der Waals surface area contributed by atoms with Crippen molar-refractivity contribution in [3.05, 3.63) is 95.6 Å². The molecule has 2 heterocycles. The fourth-order valence-corrected chi connectivity index (χ4v) is 5.09. The number of hydrogen-bond donors (Lipinski definition) is 0. The minimum atomic E-state index is -4.60. The summed E-state index contributed by atoms with van der Waals surface area (Å²) in [6, 6.07) is 19.4. The maximum atomic E-state index is 13.5. The summed E-state index contributed by atoms with van der Waals surface area (Å²) in [5, 5.41) is 10.3. The van der Waals surface area contributed by atoms with Gasteiger partial charge < -0.3 is 4.57 Å². The first-order valence-electron chi connectivity index (χ1n) is 11.7. The first-order valence-corrected chi connectivity index (χ1v) is 13.6. The van der Waals surface area contributed by atoms with Crippen molar-refractivity contribution in [3.63, 3.8) is 0 Å². The zero-order valence-corrected chi connectivity index (χ0v) is 21.6. The molecule has 4 aromatic rings. The quantitative estimate of drug-likeness (QED) is 0.290. The molecule has 7 nitrogen and oxygen atoms in total. The number of benzene rings is 3. The number of alkyl halides is 3. The van der Waals surface area contributed by atoms with Gasteiger partial charge in [-0.05, 0) is 54.8 Å². The lowest BCUT2D eigenvalue weighted by Gasteiger charge is -2.26. The summed E-state index contributed by atoms with van der Waals surface area (Å²) in [6.07, 6.45) is -2.50. The lowest BCUT2D eigenvalue weighted by atomic mass is 10.0. The number of aryl methyl sites for hydroxylation is 2. The number of hydrogen-bond acceptors (Lipinski definition) is 6. The predicted molar refractivity (Wildman–Crippen MR) is 138 cm³/mol. The van der Waals surface area contributed by atoms with E-state index in [1.165, 1.54) is 17.6 Å². The number of imidazole rings is 1. The number of aromatic nitrogens is 2. The molecule has 1 atom stereocenters. The molecule has 11 heteroatoms. The monoisotopic (exact) mass is 539 g/mol. The number of halogens is 3. The fourth-order valence-electron chi connectivity index (χ4n) is 4.42. The van der Waals surface area contributed by atoms with E-state index in [1.54, 1.807) is 41.4 Å². The lowest BCUT2D eigenvalue weighted by molar-refractivity contribution is -0.141. The Kier molecular flexibility index (Phi) is 6.34. The van der Waals surface area contributed by atoms with E-state index in [9.17, 15) is 21.6 Å². The predicted octanol–water partition coefficient (Wildman–Crippen LogP) is 6.51. The van der Waals surface area contributed by atoms with Gasteiger partial charge in [-0.1, -0.05) is 53.3 Å². The van der Waals surface area contributed by atoms with Crippen LogP contribution in [0, 0.1) is 13.8 Å². The molecule has 0 saturated carbocycles. The summed E-state index contributed by atoms with van der Waals surface area (Å²) in [7, 11) is -3.44. The Hall–Kier alpha value is -3.99. The van der Waals surface area contributed by atoms with E-state index in [0.29, 0.717) is 29.0 Å². The topological polar surface area (TPSA) is 79.9 Å². The maximum absolute atomic E-state index is 13.5. The van der Waals surface area contributed by atoms with Crippen molar-refractivity contribution in [1.82, 2.24) is 9.55 Å². The van der Waals surface area contributed by atoms with Crippen LogP contribution in [0.5, 0.6) is 0 Å². The third-order valence-corrected chi connectivity index (χ3v) is 7.53. The Morgan fingerprint density at radius 1 is 0.921 bits per heavy atom. The van der Waals surface area contributed by atoms with Crippen LogP contribution in [-0.2, 0) is 16.0 Å². The van der Waals surface area contributed by atoms with E-state index < -0.39 is 21.7 Å². The largest absolute Gasteiger partial charge is 0.434 e. The van der Waals surface area contributed by atoms with Crippen molar-refractivity contribution >= 4 is 15.5 Å². The van der Waals surface area contributed by atoms with E-state index in [2.05, 4.69) is 15.3 Å². The van der Waals surface area contributed by atoms with E-state index in [1.807, 2.05) is 31.2 Å². The zero-order chi connectivity index (χ0) is 27.2. The summed E-state index contributed by atoms with van der Waals surface area (Å²) in [5.74, 6) is 0.161. The van der Waals surface area contributed by atoms with E-state index in [0.717, 1.165) is 23.6 Å². The molecule has 1 unspecified atom stereocenters. The molecule has 1 aliphatic rings. The van der Waals surface area contributed by atoms with Crippen LogP contribution in [0.25, 0.3) is 16.8 Å². The summed E-state index contributed by atoms with van der Waals surface area (Å²) in [5.41, 5.74) is 3.31. The molecule has 0 spiro atoms.